The maximum atomic E-state index is 13.3. The molecule has 1 aliphatic heterocycles. The maximum Gasteiger partial charge on any atom is 0.233 e. The summed E-state index contributed by atoms with van der Waals surface area (Å²) >= 11 is 0. The molecule has 1 aliphatic rings. The number of hydrogen-bond donors (Lipinski definition) is 2. The maximum absolute atomic E-state index is 13.3. The molecule has 0 radical (unpaired) electrons. The number of rotatable bonds is 8. The Bertz CT molecular complexity index is 1160. The summed E-state index contributed by atoms with van der Waals surface area (Å²) in [5.74, 6) is -0.188. The lowest BCUT2D eigenvalue weighted by Crippen LogP contribution is -3.14. The number of hydrogen-bond acceptors (Lipinski definition) is 6. The summed E-state index contributed by atoms with van der Waals surface area (Å²) < 4.78 is 51.1. The van der Waals surface area contributed by atoms with Crippen LogP contribution in [0.2, 0.25) is 0 Å². The summed E-state index contributed by atoms with van der Waals surface area (Å²) in [4.78, 5) is 5.76. The van der Waals surface area contributed by atoms with Crippen LogP contribution in [-0.2, 0) is 14.6 Å². The van der Waals surface area contributed by atoms with Crippen molar-refractivity contribution in [3.63, 3.8) is 0 Å². The SMILES string of the molecule is Cc1cccc(-c2nc(S(=O)(=O)c3ccc(F)cc3)c(NCCC[NH+]3CCOCC3)o2)c1. The van der Waals surface area contributed by atoms with Crippen molar-refractivity contribution in [2.45, 2.75) is 23.3 Å². The topological polar surface area (TPSA) is 85.9 Å². The van der Waals surface area contributed by atoms with E-state index in [9.17, 15) is 12.8 Å². The average molecular weight is 461 g/mol. The Balaban J connectivity index is 1.59. The highest BCUT2D eigenvalue weighted by Gasteiger charge is 2.28. The summed E-state index contributed by atoms with van der Waals surface area (Å²) in [5.41, 5.74) is 1.69. The fourth-order valence-electron chi connectivity index (χ4n) is 3.68. The number of nitrogens with zero attached hydrogens (tertiary/aromatic N) is 1. The van der Waals surface area contributed by atoms with Crippen LogP contribution in [0.15, 0.2) is 62.9 Å². The van der Waals surface area contributed by atoms with Crippen LogP contribution in [0, 0.1) is 12.7 Å². The number of quaternary nitrogens is 1. The van der Waals surface area contributed by atoms with Gasteiger partial charge in [-0.2, -0.15) is 4.98 Å². The van der Waals surface area contributed by atoms with Crippen LogP contribution >= 0.6 is 0 Å². The van der Waals surface area contributed by atoms with Gasteiger partial charge in [0.15, 0.2) is 0 Å². The van der Waals surface area contributed by atoms with E-state index in [1.807, 2.05) is 31.2 Å². The Morgan fingerprint density at radius 3 is 2.59 bits per heavy atom. The van der Waals surface area contributed by atoms with E-state index < -0.39 is 15.7 Å². The second kappa shape index (κ2) is 9.81. The minimum atomic E-state index is -4.00. The summed E-state index contributed by atoms with van der Waals surface area (Å²) in [7, 11) is -4.00. The van der Waals surface area contributed by atoms with E-state index >= 15 is 0 Å². The van der Waals surface area contributed by atoms with Gasteiger partial charge in [0.25, 0.3) is 0 Å². The molecule has 2 aromatic carbocycles. The molecule has 7 nitrogen and oxygen atoms in total. The molecule has 170 valence electrons. The van der Waals surface area contributed by atoms with Gasteiger partial charge >= 0.3 is 0 Å². The number of aryl methyl sites for hydroxylation is 1. The molecule has 0 atom stereocenters. The Morgan fingerprint density at radius 2 is 1.88 bits per heavy atom. The van der Waals surface area contributed by atoms with Crippen molar-refractivity contribution in [2.75, 3.05) is 44.7 Å². The third-order valence-electron chi connectivity index (χ3n) is 5.43. The van der Waals surface area contributed by atoms with Crippen LogP contribution in [-0.4, -0.2) is 52.8 Å². The number of nitrogens with one attached hydrogen (secondary N) is 2. The predicted molar refractivity (Wildman–Crippen MR) is 118 cm³/mol. The molecule has 0 aliphatic carbocycles. The minimum absolute atomic E-state index is 0.0381. The standard InChI is InChI=1S/C23H26FN3O4S/c1-17-4-2-5-18(16-17)21-26-23(32(28,29)20-8-6-19(24)7-9-20)22(31-21)25-10-3-11-27-12-14-30-15-13-27/h2,4-9,16,25H,3,10-15H2,1H3/p+1. The van der Waals surface area contributed by atoms with Crippen molar-refractivity contribution in [1.82, 2.24) is 4.98 Å². The van der Waals surface area contributed by atoms with Crippen molar-refractivity contribution in [1.29, 1.82) is 0 Å². The number of sulfone groups is 1. The predicted octanol–water partition coefficient (Wildman–Crippen LogP) is 2.34. The van der Waals surface area contributed by atoms with Crippen LogP contribution < -0.4 is 10.2 Å². The molecule has 0 amide bonds. The average Bonchev–Trinajstić information content (AvgIpc) is 3.23. The number of aromatic nitrogens is 1. The molecular formula is C23H27FN3O4S+. The first-order valence-electron chi connectivity index (χ1n) is 10.7. The fourth-order valence-corrected chi connectivity index (χ4v) is 4.96. The van der Waals surface area contributed by atoms with Crippen LogP contribution in [0.1, 0.15) is 12.0 Å². The summed E-state index contributed by atoms with van der Waals surface area (Å²) in [6.45, 7) is 6.92. The Hall–Kier alpha value is -2.75. The van der Waals surface area contributed by atoms with Gasteiger partial charge in [0, 0.05) is 18.5 Å². The highest BCUT2D eigenvalue weighted by molar-refractivity contribution is 7.91. The fraction of sp³-hybridized carbons (Fsp3) is 0.348. The van der Waals surface area contributed by atoms with Crippen LogP contribution in [0.5, 0.6) is 0 Å². The van der Waals surface area contributed by atoms with Crippen LogP contribution in [0.3, 0.4) is 0 Å². The number of oxazole rings is 1. The molecule has 0 unspecified atom stereocenters. The Kier molecular flexibility index (Phi) is 6.88. The largest absolute Gasteiger partial charge is 0.419 e. The summed E-state index contributed by atoms with van der Waals surface area (Å²) in [6.07, 6.45) is 0.839. The van der Waals surface area contributed by atoms with Crippen LogP contribution in [0.4, 0.5) is 10.3 Å². The van der Waals surface area contributed by atoms with E-state index in [0.29, 0.717) is 12.1 Å². The van der Waals surface area contributed by atoms with Gasteiger partial charge in [-0.15, -0.1) is 0 Å². The van der Waals surface area contributed by atoms with E-state index in [-0.39, 0.29) is 21.7 Å². The number of halogens is 1. The van der Waals surface area contributed by atoms with Crippen molar-refractivity contribution >= 4 is 15.7 Å². The molecule has 0 spiro atoms. The Morgan fingerprint density at radius 1 is 1.12 bits per heavy atom. The third kappa shape index (κ3) is 5.17. The monoisotopic (exact) mass is 460 g/mol. The van der Waals surface area contributed by atoms with E-state index in [1.165, 1.54) is 17.0 Å². The van der Waals surface area contributed by atoms with Crippen molar-refractivity contribution < 1.29 is 26.9 Å². The molecule has 3 aromatic rings. The molecule has 0 saturated carbocycles. The zero-order valence-corrected chi connectivity index (χ0v) is 18.8. The highest BCUT2D eigenvalue weighted by atomic mass is 32.2. The molecular weight excluding hydrogens is 433 g/mol. The van der Waals surface area contributed by atoms with Crippen LogP contribution in [0.25, 0.3) is 11.5 Å². The first-order valence-corrected chi connectivity index (χ1v) is 12.2. The van der Waals surface area contributed by atoms with E-state index in [2.05, 4.69) is 10.3 Å². The van der Waals surface area contributed by atoms with Gasteiger partial charge in [-0.25, -0.2) is 12.8 Å². The lowest BCUT2D eigenvalue weighted by Gasteiger charge is -2.23. The first-order chi connectivity index (χ1) is 15.4. The lowest BCUT2D eigenvalue weighted by molar-refractivity contribution is -0.908. The second-order valence-electron chi connectivity index (χ2n) is 7.87. The van der Waals surface area contributed by atoms with Gasteiger partial charge in [-0.3, -0.25) is 0 Å². The summed E-state index contributed by atoms with van der Waals surface area (Å²) in [5, 5.41) is 2.92. The molecule has 4 rings (SSSR count). The normalized spacial score (nSPS) is 15.1. The van der Waals surface area contributed by atoms with Crippen molar-refractivity contribution in [2.24, 2.45) is 0 Å². The van der Waals surface area contributed by atoms with E-state index in [4.69, 9.17) is 9.15 Å². The smallest absolute Gasteiger partial charge is 0.233 e. The van der Waals surface area contributed by atoms with Crippen molar-refractivity contribution in [3.05, 3.63) is 59.9 Å². The van der Waals surface area contributed by atoms with Gasteiger partial charge in [0.1, 0.15) is 18.9 Å². The van der Waals surface area contributed by atoms with Crippen molar-refractivity contribution in [3.8, 4) is 11.5 Å². The molecule has 2 N–H and O–H groups in total. The van der Waals surface area contributed by atoms with Gasteiger partial charge < -0.3 is 19.4 Å². The zero-order chi connectivity index (χ0) is 22.6. The minimum Gasteiger partial charge on any atom is -0.419 e. The molecule has 1 aromatic heterocycles. The highest BCUT2D eigenvalue weighted by Crippen LogP contribution is 2.32. The second-order valence-corrected chi connectivity index (χ2v) is 9.74. The zero-order valence-electron chi connectivity index (χ0n) is 17.9. The molecule has 0 bridgehead atoms. The van der Waals surface area contributed by atoms with Gasteiger partial charge in [-0.05, 0) is 43.3 Å². The molecule has 9 heteroatoms. The first kappa shape index (κ1) is 22.4. The number of morpholine rings is 1. The van der Waals surface area contributed by atoms with E-state index in [1.54, 1.807) is 0 Å². The number of ether oxygens (including phenoxy) is 1. The van der Waals surface area contributed by atoms with E-state index in [0.717, 1.165) is 57.0 Å². The third-order valence-corrected chi connectivity index (χ3v) is 7.11. The number of anilines is 1. The molecule has 1 saturated heterocycles. The molecule has 32 heavy (non-hydrogen) atoms. The quantitative estimate of drug-likeness (QED) is 0.397. The van der Waals surface area contributed by atoms with Gasteiger partial charge in [0.05, 0.1) is 24.7 Å². The van der Waals surface area contributed by atoms with Gasteiger partial charge in [-0.1, -0.05) is 17.7 Å². The number of benzene rings is 2. The molecule has 2 heterocycles. The summed E-state index contributed by atoms with van der Waals surface area (Å²) in [6, 6.07) is 12.2. The van der Waals surface area contributed by atoms with Gasteiger partial charge in [0.2, 0.25) is 26.6 Å². The Labute approximate surface area is 187 Å². The lowest BCUT2D eigenvalue weighted by atomic mass is 10.1. The molecule has 1 fully saturated rings.